The topological polar surface area (TPSA) is 127 Å². The lowest BCUT2D eigenvalue weighted by atomic mass is 9.43. The number of hydrogen-bond donors (Lipinski definition) is 1. The third-order valence-electron chi connectivity index (χ3n) is 12.5. The van der Waals surface area contributed by atoms with Crippen LogP contribution in [0.2, 0.25) is 0 Å². The molecule has 2 heterocycles. The summed E-state index contributed by atoms with van der Waals surface area (Å²) in [5.41, 5.74) is -0.228. The van der Waals surface area contributed by atoms with E-state index in [0.29, 0.717) is 24.9 Å². The number of carbonyl (C=O) groups excluding carboxylic acids is 3. The highest BCUT2D eigenvalue weighted by atomic mass is 16.6. The van der Waals surface area contributed by atoms with Gasteiger partial charge in [-0.2, -0.15) is 0 Å². The highest BCUT2D eigenvalue weighted by Crippen LogP contribution is 2.70. The van der Waals surface area contributed by atoms with Gasteiger partial charge in [0.05, 0.1) is 18.5 Å². The lowest BCUT2D eigenvalue weighted by molar-refractivity contribution is -0.205. The molecule has 0 spiro atoms. The van der Waals surface area contributed by atoms with Gasteiger partial charge in [0.2, 0.25) is 0 Å². The van der Waals surface area contributed by atoms with Crippen LogP contribution in [-0.2, 0) is 19.1 Å². The molecule has 0 aromatic carbocycles. The summed E-state index contributed by atoms with van der Waals surface area (Å²) in [6.07, 6.45) is 9.42. The lowest BCUT2D eigenvalue weighted by Gasteiger charge is -2.63. The van der Waals surface area contributed by atoms with E-state index in [1.807, 2.05) is 6.07 Å². The zero-order chi connectivity index (χ0) is 30.6. The van der Waals surface area contributed by atoms with Crippen molar-refractivity contribution in [2.75, 3.05) is 32.8 Å². The van der Waals surface area contributed by atoms with Crippen LogP contribution in [0.1, 0.15) is 90.0 Å². The molecular formula is C33H46N2O8. The smallest absolute Gasteiger partial charge is 0.410 e. The van der Waals surface area contributed by atoms with Crippen LogP contribution in [0.15, 0.2) is 27.6 Å². The average Bonchev–Trinajstić information content (AvgIpc) is 3.28. The second kappa shape index (κ2) is 11.2. The molecule has 1 N–H and O–H groups in total. The molecule has 43 heavy (non-hydrogen) atoms. The Morgan fingerprint density at radius 3 is 2.40 bits per heavy atom. The van der Waals surface area contributed by atoms with Gasteiger partial charge in [-0.05, 0) is 105 Å². The molecule has 2 amide bonds. The molecule has 1 aliphatic heterocycles. The van der Waals surface area contributed by atoms with Crippen molar-refractivity contribution in [2.24, 2.45) is 28.6 Å². The molecule has 1 saturated heterocycles. The fourth-order valence-corrected chi connectivity index (χ4v) is 10.0. The van der Waals surface area contributed by atoms with E-state index in [9.17, 15) is 24.3 Å². The minimum absolute atomic E-state index is 0.0968. The van der Waals surface area contributed by atoms with Crippen LogP contribution in [-0.4, -0.2) is 77.4 Å². The van der Waals surface area contributed by atoms with Crippen LogP contribution < -0.4 is 5.63 Å². The van der Waals surface area contributed by atoms with Crippen molar-refractivity contribution < 1.29 is 33.4 Å². The highest BCUT2D eigenvalue weighted by molar-refractivity contribution is 6.32. The first-order chi connectivity index (χ1) is 20.5. The van der Waals surface area contributed by atoms with Crippen LogP contribution in [0, 0.1) is 28.6 Å². The molecule has 1 aromatic heterocycles. The van der Waals surface area contributed by atoms with E-state index in [2.05, 4.69) is 13.8 Å². The van der Waals surface area contributed by atoms with Gasteiger partial charge < -0.3 is 28.8 Å². The lowest BCUT2D eigenvalue weighted by Crippen LogP contribution is -2.62. The number of ether oxygens (including phenoxy) is 2. The van der Waals surface area contributed by atoms with E-state index in [1.54, 1.807) is 18.1 Å². The minimum Gasteiger partial charge on any atom is -0.459 e. The van der Waals surface area contributed by atoms with Crippen LogP contribution in [0.4, 0.5) is 4.79 Å². The first-order valence-corrected chi connectivity index (χ1v) is 16.2. The van der Waals surface area contributed by atoms with Crippen LogP contribution >= 0.6 is 0 Å². The van der Waals surface area contributed by atoms with Crippen molar-refractivity contribution in [2.45, 2.75) is 96.2 Å². The molecule has 4 saturated carbocycles. The number of carbonyl (C=O) groups is 3. The van der Waals surface area contributed by atoms with Crippen molar-refractivity contribution in [3.05, 3.63) is 34.4 Å². The van der Waals surface area contributed by atoms with Crippen molar-refractivity contribution in [1.82, 2.24) is 9.80 Å². The summed E-state index contributed by atoms with van der Waals surface area (Å²) in [4.78, 5) is 51.7. The fraction of sp³-hybridized carbons (Fsp3) is 0.758. The summed E-state index contributed by atoms with van der Waals surface area (Å²) in [6, 6.07) is 3.37. The zero-order valence-electron chi connectivity index (χ0n) is 25.7. The standard InChI is InChI=1S/C33H46N2O8/c1-4-41-29(38)28(37)34-15-17-35(18-16-34)30(39)43-23-9-12-31(2)22(19-23)6-7-26-25(31)10-13-32(3)24(11-14-33(26,32)40)21-5-8-27(36)42-20-21/h5,8,20,22-26,40H,4,6-7,9-19H2,1-3H3. The fourth-order valence-electron chi connectivity index (χ4n) is 10.0. The van der Waals surface area contributed by atoms with Crippen LogP contribution in [0.5, 0.6) is 0 Å². The van der Waals surface area contributed by atoms with Gasteiger partial charge in [0.15, 0.2) is 0 Å². The first-order valence-electron chi connectivity index (χ1n) is 16.2. The number of hydrogen-bond acceptors (Lipinski definition) is 8. The molecule has 6 rings (SSSR count). The SMILES string of the molecule is CCOC(=O)C(=O)N1CCN(C(=O)OC2CCC3(C)C(CCC4C3CCC3(C)C(c5ccc(=O)oc5)CCC43O)C2)CC1. The quantitative estimate of drug-likeness (QED) is 0.407. The number of rotatable bonds is 3. The average molecular weight is 599 g/mol. The molecule has 8 unspecified atom stereocenters. The normalized spacial score (nSPS) is 38.8. The Hall–Kier alpha value is -2.88. The predicted molar refractivity (Wildman–Crippen MR) is 156 cm³/mol. The minimum atomic E-state index is -0.855. The Bertz CT molecular complexity index is 1290. The molecule has 0 bridgehead atoms. The molecule has 5 fully saturated rings. The van der Waals surface area contributed by atoms with Gasteiger partial charge >= 0.3 is 23.6 Å². The van der Waals surface area contributed by atoms with E-state index in [0.717, 1.165) is 63.4 Å². The summed E-state index contributed by atoms with van der Waals surface area (Å²) in [6.45, 7) is 7.69. The van der Waals surface area contributed by atoms with Crippen molar-refractivity contribution >= 4 is 18.0 Å². The zero-order valence-corrected chi connectivity index (χ0v) is 25.7. The summed E-state index contributed by atoms with van der Waals surface area (Å²) in [5, 5.41) is 12.5. The first kappa shape index (κ1) is 30.2. The maximum absolute atomic E-state index is 13.1. The van der Waals surface area contributed by atoms with E-state index in [4.69, 9.17) is 13.9 Å². The third kappa shape index (κ3) is 4.97. The van der Waals surface area contributed by atoms with Gasteiger partial charge in [-0.1, -0.05) is 13.8 Å². The van der Waals surface area contributed by atoms with E-state index >= 15 is 0 Å². The Morgan fingerprint density at radius 1 is 0.953 bits per heavy atom. The third-order valence-corrected chi connectivity index (χ3v) is 12.5. The van der Waals surface area contributed by atoms with Gasteiger partial charge in [0.25, 0.3) is 0 Å². The molecule has 10 nitrogen and oxygen atoms in total. The Morgan fingerprint density at radius 2 is 1.70 bits per heavy atom. The molecule has 4 aliphatic carbocycles. The summed E-state index contributed by atoms with van der Waals surface area (Å²) < 4.78 is 16.1. The highest BCUT2D eigenvalue weighted by Gasteiger charge is 2.67. The number of aliphatic hydroxyl groups is 1. The molecule has 5 aliphatic rings. The Kier molecular flexibility index (Phi) is 7.88. The number of esters is 1. The summed E-state index contributed by atoms with van der Waals surface area (Å²) in [7, 11) is 0. The molecule has 8 atom stereocenters. The molecular weight excluding hydrogens is 552 g/mol. The van der Waals surface area contributed by atoms with Gasteiger partial charge in [-0.3, -0.25) is 4.79 Å². The van der Waals surface area contributed by atoms with Crippen LogP contribution in [0.3, 0.4) is 0 Å². The van der Waals surface area contributed by atoms with Crippen molar-refractivity contribution in [3.8, 4) is 0 Å². The van der Waals surface area contributed by atoms with E-state index in [1.165, 1.54) is 11.0 Å². The number of amides is 2. The van der Waals surface area contributed by atoms with Crippen molar-refractivity contribution in [3.63, 3.8) is 0 Å². The monoisotopic (exact) mass is 598 g/mol. The van der Waals surface area contributed by atoms with Gasteiger partial charge in [-0.15, -0.1) is 0 Å². The van der Waals surface area contributed by atoms with Crippen LogP contribution in [0.25, 0.3) is 0 Å². The maximum Gasteiger partial charge on any atom is 0.410 e. The van der Waals surface area contributed by atoms with Crippen molar-refractivity contribution in [1.29, 1.82) is 0 Å². The van der Waals surface area contributed by atoms with E-state index in [-0.39, 0.29) is 60.2 Å². The predicted octanol–water partition coefficient (Wildman–Crippen LogP) is 4.09. The van der Waals surface area contributed by atoms with Gasteiger partial charge in [-0.25, -0.2) is 14.4 Å². The van der Waals surface area contributed by atoms with Gasteiger partial charge in [0.1, 0.15) is 6.10 Å². The molecule has 10 heteroatoms. The second-order valence-electron chi connectivity index (χ2n) is 14.1. The molecule has 0 radical (unpaired) electrons. The Balaban J connectivity index is 1.07. The summed E-state index contributed by atoms with van der Waals surface area (Å²) in [5.74, 6) is -0.237. The summed E-state index contributed by atoms with van der Waals surface area (Å²) >= 11 is 0. The van der Waals surface area contributed by atoms with E-state index < -0.39 is 17.5 Å². The number of nitrogens with zero attached hydrogens (tertiary/aromatic N) is 2. The largest absolute Gasteiger partial charge is 0.459 e. The Labute approximate surface area is 253 Å². The van der Waals surface area contributed by atoms with Gasteiger partial charge in [0, 0.05) is 37.7 Å². The molecule has 1 aromatic rings. The maximum atomic E-state index is 13.1. The second-order valence-corrected chi connectivity index (χ2v) is 14.1. The molecule has 236 valence electrons. The number of piperazine rings is 1. The number of fused-ring (bicyclic) bond motifs is 5.